The molecule has 3 fully saturated rings. The van der Waals surface area contributed by atoms with Crippen molar-refractivity contribution in [3.63, 3.8) is 0 Å². The van der Waals surface area contributed by atoms with Crippen molar-refractivity contribution >= 4 is 11.6 Å². The number of carbonyl (C=O) groups excluding carboxylic acids is 2. The van der Waals surface area contributed by atoms with Crippen LogP contribution < -0.4 is 0 Å². The van der Waals surface area contributed by atoms with Gasteiger partial charge in [0.05, 0.1) is 12.2 Å². The van der Waals surface area contributed by atoms with Crippen LogP contribution in [-0.2, 0) is 9.59 Å². The maximum atomic E-state index is 12.3. The van der Waals surface area contributed by atoms with Crippen LogP contribution in [0.3, 0.4) is 0 Å². The summed E-state index contributed by atoms with van der Waals surface area (Å²) in [5.41, 5.74) is 0.773. The summed E-state index contributed by atoms with van der Waals surface area (Å²) in [4.78, 5) is 24.3. The Kier molecular flexibility index (Phi) is 4.15. The van der Waals surface area contributed by atoms with E-state index in [1.165, 1.54) is 5.57 Å². The molecule has 7 atom stereocenters. The van der Waals surface area contributed by atoms with Crippen LogP contribution in [0.15, 0.2) is 11.6 Å². The molecule has 1 N–H and O–H groups in total. The molecule has 0 aliphatic heterocycles. The smallest absolute Gasteiger partial charge is 0.155 e. The minimum Gasteiger partial charge on any atom is -0.393 e. The highest BCUT2D eigenvalue weighted by molar-refractivity contribution is 5.91. The topological polar surface area (TPSA) is 78.2 Å². The van der Waals surface area contributed by atoms with Gasteiger partial charge in [-0.15, -0.1) is 0 Å². The predicted molar refractivity (Wildman–Crippen MR) is 96.8 cm³/mol. The zero-order valence-corrected chi connectivity index (χ0v) is 15.8. The zero-order chi connectivity index (χ0) is 18.7. The van der Waals surface area contributed by atoms with Crippen molar-refractivity contribution in [3.05, 3.63) is 11.6 Å². The third kappa shape index (κ3) is 2.29. The molecule has 140 valence electrons. The number of Topliss-reactive ketones (excluding diaryl/α,β-unsaturated/α-hetero) is 1. The Morgan fingerprint density at radius 2 is 2.12 bits per heavy atom. The summed E-state index contributed by atoms with van der Waals surface area (Å²) in [6.07, 6.45) is 7.42. The van der Waals surface area contributed by atoms with Crippen LogP contribution in [0.4, 0.5) is 0 Å². The van der Waals surface area contributed by atoms with Gasteiger partial charge in [-0.1, -0.05) is 12.5 Å². The van der Waals surface area contributed by atoms with Gasteiger partial charge < -0.3 is 5.11 Å². The average Bonchev–Trinajstić information content (AvgIpc) is 2.94. The Morgan fingerprint density at radius 1 is 1.35 bits per heavy atom. The first-order valence-electron chi connectivity index (χ1n) is 10.1. The second-order valence-electron chi connectivity index (χ2n) is 9.47. The van der Waals surface area contributed by atoms with E-state index in [4.69, 9.17) is 0 Å². The Bertz CT molecular complexity index is 719. The maximum Gasteiger partial charge on any atom is 0.155 e. The molecular weight excluding hydrogens is 326 g/mol. The largest absolute Gasteiger partial charge is 0.393 e. The summed E-state index contributed by atoms with van der Waals surface area (Å²) in [5.74, 6) is 1.17. The Morgan fingerprint density at radius 3 is 2.81 bits per heavy atom. The molecule has 0 aromatic heterocycles. The number of aliphatic hydroxyl groups is 1. The summed E-state index contributed by atoms with van der Waals surface area (Å²) in [7, 11) is 0. The molecule has 0 amide bonds. The summed E-state index contributed by atoms with van der Waals surface area (Å²) in [6.45, 7) is 3.89. The molecule has 4 aliphatic carbocycles. The molecule has 0 bridgehead atoms. The van der Waals surface area contributed by atoms with E-state index in [2.05, 4.69) is 13.0 Å². The summed E-state index contributed by atoms with van der Waals surface area (Å²) in [5, 5.41) is 20.8. The van der Waals surface area contributed by atoms with Crippen molar-refractivity contribution in [1.29, 1.82) is 5.26 Å². The van der Waals surface area contributed by atoms with Crippen LogP contribution in [0.5, 0.6) is 0 Å². The lowest BCUT2D eigenvalue weighted by atomic mass is 9.45. The fourth-order valence-electron chi connectivity index (χ4n) is 7.56. The summed E-state index contributed by atoms with van der Waals surface area (Å²) < 4.78 is 0. The molecule has 0 heterocycles. The standard InChI is InChI=1S/C22H29NO3/c1-13(24)17-5-6-18-16-4-3-14-11-15(25)7-8-21(14,2)20(16)19(26)12-22(17,18)9-10-23/h11,16-20,26H,3-9,12H2,1-2H3/t16-,17+,18-,19-,20+,21-,22+/m0/s1. The number of rotatable bonds is 2. The van der Waals surface area contributed by atoms with Gasteiger partial charge in [0.15, 0.2) is 5.78 Å². The van der Waals surface area contributed by atoms with Crippen LogP contribution in [0.25, 0.3) is 0 Å². The quantitative estimate of drug-likeness (QED) is 0.821. The maximum absolute atomic E-state index is 12.3. The van der Waals surface area contributed by atoms with Crippen molar-refractivity contribution in [2.24, 2.45) is 34.5 Å². The number of carbonyl (C=O) groups is 2. The fourth-order valence-corrected chi connectivity index (χ4v) is 7.56. The Hall–Kier alpha value is -1.47. The highest BCUT2D eigenvalue weighted by Gasteiger charge is 2.64. The van der Waals surface area contributed by atoms with Crippen LogP contribution in [0, 0.1) is 45.8 Å². The lowest BCUT2D eigenvalue weighted by Gasteiger charge is -2.60. The predicted octanol–water partition coefficient (Wildman–Crippen LogP) is 3.59. The van der Waals surface area contributed by atoms with Gasteiger partial charge in [0, 0.05) is 18.8 Å². The zero-order valence-electron chi connectivity index (χ0n) is 15.8. The molecule has 4 heteroatoms. The minimum atomic E-state index is -0.494. The van der Waals surface area contributed by atoms with Crippen LogP contribution in [-0.4, -0.2) is 22.8 Å². The molecule has 4 rings (SSSR count). The molecule has 0 spiro atoms. The van der Waals surface area contributed by atoms with E-state index in [0.717, 1.165) is 32.1 Å². The number of allylic oxidation sites excluding steroid dienone is 1. The molecule has 0 aromatic rings. The van der Waals surface area contributed by atoms with Gasteiger partial charge in [-0.3, -0.25) is 9.59 Å². The number of hydrogen-bond donors (Lipinski definition) is 1. The van der Waals surface area contributed by atoms with Gasteiger partial charge >= 0.3 is 0 Å². The van der Waals surface area contributed by atoms with Crippen molar-refractivity contribution in [2.75, 3.05) is 0 Å². The fraction of sp³-hybridized carbons (Fsp3) is 0.773. The van der Waals surface area contributed by atoms with Gasteiger partial charge in [0.25, 0.3) is 0 Å². The molecule has 0 aromatic carbocycles. The average molecular weight is 355 g/mol. The summed E-state index contributed by atoms with van der Waals surface area (Å²) in [6, 6.07) is 2.35. The van der Waals surface area contributed by atoms with Crippen molar-refractivity contribution in [2.45, 2.75) is 71.3 Å². The van der Waals surface area contributed by atoms with E-state index in [1.807, 2.05) is 6.08 Å². The van der Waals surface area contributed by atoms with Crippen LogP contribution >= 0.6 is 0 Å². The normalized spacial score (nSPS) is 47.2. The van der Waals surface area contributed by atoms with Crippen LogP contribution in [0.2, 0.25) is 0 Å². The number of aliphatic hydroxyl groups excluding tert-OH is 1. The van der Waals surface area contributed by atoms with E-state index in [-0.39, 0.29) is 34.2 Å². The van der Waals surface area contributed by atoms with Crippen molar-refractivity contribution in [3.8, 4) is 6.07 Å². The third-order valence-corrected chi connectivity index (χ3v) is 8.52. The minimum absolute atomic E-state index is 0.0829. The van der Waals surface area contributed by atoms with E-state index in [0.29, 0.717) is 31.1 Å². The number of nitrogens with zero attached hydrogens (tertiary/aromatic N) is 1. The lowest BCUT2D eigenvalue weighted by Crippen LogP contribution is -2.57. The molecular formula is C22H29NO3. The van der Waals surface area contributed by atoms with E-state index in [1.54, 1.807) is 6.92 Å². The second kappa shape index (κ2) is 6.02. The van der Waals surface area contributed by atoms with E-state index < -0.39 is 6.10 Å². The molecule has 0 radical (unpaired) electrons. The number of hydrogen-bond acceptors (Lipinski definition) is 4. The molecule has 0 unspecified atom stereocenters. The van der Waals surface area contributed by atoms with Gasteiger partial charge in [0.2, 0.25) is 0 Å². The first-order chi connectivity index (χ1) is 12.3. The van der Waals surface area contributed by atoms with Gasteiger partial charge in [-0.25, -0.2) is 0 Å². The molecule has 0 saturated heterocycles. The van der Waals surface area contributed by atoms with Crippen molar-refractivity contribution < 1.29 is 14.7 Å². The first-order valence-corrected chi connectivity index (χ1v) is 10.1. The second-order valence-corrected chi connectivity index (χ2v) is 9.47. The van der Waals surface area contributed by atoms with Crippen molar-refractivity contribution in [1.82, 2.24) is 0 Å². The Balaban J connectivity index is 1.75. The highest BCUT2D eigenvalue weighted by Crippen LogP contribution is 2.67. The molecule has 26 heavy (non-hydrogen) atoms. The number of ketones is 2. The SMILES string of the molecule is CC(=O)[C@H]1CC[C@H]2[C@@H]3CCC4=CC(=O)CC[C@]4(C)[C@H]3[C@@H](O)C[C@]12CC#N. The van der Waals surface area contributed by atoms with Crippen LogP contribution in [0.1, 0.15) is 65.2 Å². The molecule has 3 saturated carbocycles. The van der Waals surface area contributed by atoms with Gasteiger partial charge in [-0.2, -0.15) is 5.26 Å². The van der Waals surface area contributed by atoms with E-state index in [9.17, 15) is 20.0 Å². The lowest BCUT2D eigenvalue weighted by molar-refractivity contribution is -0.146. The molecule has 4 aliphatic rings. The van der Waals surface area contributed by atoms with Gasteiger partial charge in [-0.05, 0) is 80.1 Å². The number of fused-ring (bicyclic) bond motifs is 5. The number of nitriles is 1. The van der Waals surface area contributed by atoms with E-state index >= 15 is 0 Å². The highest BCUT2D eigenvalue weighted by atomic mass is 16.3. The first kappa shape index (κ1) is 17.9. The van der Waals surface area contributed by atoms with Gasteiger partial charge in [0.1, 0.15) is 5.78 Å². The monoisotopic (exact) mass is 355 g/mol. The summed E-state index contributed by atoms with van der Waals surface area (Å²) >= 11 is 0. The Labute approximate surface area is 155 Å². The third-order valence-electron chi connectivity index (χ3n) is 8.52. The molecule has 4 nitrogen and oxygen atoms in total.